The van der Waals surface area contributed by atoms with Crippen molar-refractivity contribution in [2.24, 2.45) is 0 Å². The molecule has 0 spiro atoms. The van der Waals surface area contributed by atoms with Crippen molar-refractivity contribution in [3.05, 3.63) is 59.1 Å². The highest BCUT2D eigenvalue weighted by Gasteiger charge is 2.17. The molecule has 3 rings (SSSR count). The van der Waals surface area contributed by atoms with E-state index < -0.39 is 10.0 Å². The quantitative estimate of drug-likeness (QED) is 0.419. The first-order valence-electron chi connectivity index (χ1n) is 9.15. The molecular formula is C20H20ClN5O4S2. The number of anilines is 3. The lowest BCUT2D eigenvalue weighted by Gasteiger charge is -2.14. The van der Waals surface area contributed by atoms with Gasteiger partial charge in [-0.15, -0.1) is 0 Å². The number of hydrogen-bond donors (Lipinski definition) is 3. The summed E-state index contributed by atoms with van der Waals surface area (Å²) in [5, 5.41) is 7.03. The summed E-state index contributed by atoms with van der Waals surface area (Å²) in [6, 6.07) is 12.8. The molecule has 0 atom stereocenters. The second-order valence-electron chi connectivity index (χ2n) is 6.40. The largest absolute Gasteiger partial charge is 0.481 e. The number of nitrogens with zero attached hydrogens (tertiary/aromatic N) is 2. The lowest BCUT2D eigenvalue weighted by Crippen LogP contribution is -2.20. The third-order valence-electron chi connectivity index (χ3n) is 4.25. The number of thiocarbonyl (C=S) groups is 1. The molecule has 12 heteroatoms. The first-order chi connectivity index (χ1) is 15.2. The molecule has 0 saturated carbocycles. The molecule has 9 nitrogen and oxygen atoms in total. The highest BCUT2D eigenvalue weighted by Crippen LogP contribution is 2.24. The van der Waals surface area contributed by atoms with Gasteiger partial charge in [-0.25, -0.2) is 8.42 Å². The predicted octanol–water partition coefficient (Wildman–Crippen LogP) is 4.07. The maximum Gasteiger partial charge on any atom is 0.321 e. The molecule has 0 fully saturated rings. The van der Waals surface area contributed by atoms with Gasteiger partial charge < -0.3 is 20.1 Å². The highest BCUT2D eigenvalue weighted by molar-refractivity contribution is 7.92. The van der Waals surface area contributed by atoms with Crippen LogP contribution in [0.5, 0.6) is 11.9 Å². The van der Waals surface area contributed by atoms with Gasteiger partial charge in [0.15, 0.2) is 10.9 Å². The van der Waals surface area contributed by atoms with Gasteiger partial charge in [0.25, 0.3) is 10.0 Å². The minimum Gasteiger partial charge on any atom is -0.481 e. The number of halogens is 1. The van der Waals surface area contributed by atoms with Crippen molar-refractivity contribution in [1.82, 2.24) is 9.97 Å². The van der Waals surface area contributed by atoms with E-state index >= 15 is 0 Å². The van der Waals surface area contributed by atoms with Crippen molar-refractivity contribution in [2.75, 3.05) is 29.6 Å². The Morgan fingerprint density at radius 2 is 1.75 bits per heavy atom. The topological polar surface area (TPSA) is 114 Å². The molecule has 0 unspecified atom stereocenters. The summed E-state index contributed by atoms with van der Waals surface area (Å²) in [5.74, 6) is 0.170. The van der Waals surface area contributed by atoms with Gasteiger partial charge in [0.1, 0.15) is 0 Å². The van der Waals surface area contributed by atoms with Crippen LogP contribution < -0.4 is 24.8 Å². The molecule has 0 saturated heterocycles. The van der Waals surface area contributed by atoms with E-state index in [-0.39, 0.29) is 22.6 Å². The molecule has 1 aromatic heterocycles. The zero-order valence-corrected chi connectivity index (χ0v) is 19.7. The second-order valence-corrected chi connectivity index (χ2v) is 8.90. The van der Waals surface area contributed by atoms with Crippen LogP contribution in [-0.4, -0.2) is 37.7 Å². The fraction of sp³-hybridized carbons (Fsp3) is 0.150. The van der Waals surface area contributed by atoms with E-state index in [9.17, 15) is 8.42 Å². The Bertz CT molecular complexity index is 1210. The monoisotopic (exact) mass is 493 g/mol. The smallest absolute Gasteiger partial charge is 0.321 e. The Morgan fingerprint density at radius 1 is 1.03 bits per heavy atom. The molecule has 0 aliphatic carbocycles. The van der Waals surface area contributed by atoms with Crippen LogP contribution in [0.3, 0.4) is 0 Å². The van der Waals surface area contributed by atoms with Crippen LogP contribution >= 0.6 is 23.8 Å². The van der Waals surface area contributed by atoms with Crippen molar-refractivity contribution in [2.45, 2.75) is 11.8 Å². The van der Waals surface area contributed by atoms with Gasteiger partial charge in [-0.1, -0.05) is 17.7 Å². The van der Waals surface area contributed by atoms with Crippen LogP contribution in [-0.2, 0) is 10.0 Å². The van der Waals surface area contributed by atoms with Gasteiger partial charge in [0.05, 0.1) is 19.1 Å². The molecule has 1 heterocycles. The number of benzene rings is 2. The molecular weight excluding hydrogens is 474 g/mol. The summed E-state index contributed by atoms with van der Waals surface area (Å²) >= 11 is 11.4. The molecule has 3 aromatic rings. The minimum absolute atomic E-state index is 0.0122. The standard InChI is InChI=1S/C20H20ClN5O4S2/c1-12-15(21)5-4-6-16(12)23-20(31)22-13-7-9-14(10-8-13)32(27,28)26-17-11-18(29-2)25-19(24-17)30-3/h4-11H,1-3H3,(H2,22,23,31)(H,24,25,26). The van der Waals surface area contributed by atoms with Crippen LogP contribution in [0.4, 0.5) is 17.2 Å². The van der Waals surface area contributed by atoms with Crippen LogP contribution in [0.2, 0.25) is 5.02 Å². The van der Waals surface area contributed by atoms with Gasteiger partial charge in [0.2, 0.25) is 5.88 Å². The number of rotatable bonds is 7. The molecule has 168 valence electrons. The predicted molar refractivity (Wildman–Crippen MR) is 128 cm³/mol. The Hall–Kier alpha value is -3.15. The molecule has 32 heavy (non-hydrogen) atoms. The van der Waals surface area contributed by atoms with Gasteiger partial charge in [-0.3, -0.25) is 4.72 Å². The molecule has 3 N–H and O–H groups in total. The lowest BCUT2D eigenvalue weighted by molar-refractivity contribution is 0.353. The van der Waals surface area contributed by atoms with E-state index in [0.717, 1.165) is 11.3 Å². The van der Waals surface area contributed by atoms with Crippen molar-refractivity contribution in [3.8, 4) is 11.9 Å². The van der Waals surface area contributed by atoms with E-state index in [4.69, 9.17) is 33.3 Å². The summed E-state index contributed by atoms with van der Waals surface area (Å²) in [5.41, 5.74) is 2.24. The highest BCUT2D eigenvalue weighted by atomic mass is 35.5. The van der Waals surface area contributed by atoms with Crippen molar-refractivity contribution >= 4 is 56.1 Å². The summed E-state index contributed by atoms with van der Waals surface area (Å²) in [4.78, 5) is 7.93. The summed E-state index contributed by atoms with van der Waals surface area (Å²) in [6.45, 7) is 1.88. The fourth-order valence-corrected chi connectivity index (χ4v) is 3.99. The lowest BCUT2D eigenvalue weighted by atomic mass is 10.2. The van der Waals surface area contributed by atoms with E-state index in [1.165, 1.54) is 32.4 Å². The van der Waals surface area contributed by atoms with Crippen LogP contribution in [0, 0.1) is 6.92 Å². The third-order valence-corrected chi connectivity index (χ3v) is 6.24. The van der Waals surface area contributed by atoms with Gasteiger partial charge >= 0.3 is 6.01 Å². The molecule has 2 aromatic carbocycles. The minimum atomic E-state index is -3.91. The Labute approximate surface area is 196 Å². The first kappa shape index (κ1) is 23.5. The number of methoxy groups -OCH3 is 2. The molecule has 0 radical (unpaired) electrons. The zero-order valence-electron chi connectivity index (χ0n) is 17.3. The van der Waals surface area contributed by atoms with Crippen LogP contribution in [0.25, 0.3) is 0 Å². The summed E-state index contributed by atoms with van der Waals surface area (Å²) in [7, 11) is -1.14. The Balaban J connectivity index is 1.70. The van der Waals surface area contributed by atoms with E-state index in [1.54, 1.807) is 18.2 Å². The van der Waals surface area contributed by atoms with Gasteiger partial charge in [-0.2, -0.15) is 9.97 Å². The first-order valence-corrected chi connectivity index (χ1v) is 11.4. The van der Waals surface area contributed by atoms with Gasteiger partial charge in [0, 0.05) is 22.5 Å². The Morgan fingerprint density at radius 3 is 2.41 bits per heavy atom. The van der Waals surface area contributed by atoms with Crippen molar-refractivity contribution < 1.29 is 17.9 Å². The molecule has 0 amide bonds. The number of sulfonamides is 1. The maximum absolute atomic E-state index is 12.7. The third kappa shape index (κ3) is 5.75. The average Bonchev–Trinajstić information content (AvgIpc) is 2.76. The zero-order chi connectivity index (χ0) is 23.3. The maximum atomic E-state index is 12.7. The van der Waals surface area contributed by atoms with E-state index in [2.05, 4.69) is 25.3 Å². The van der Waals surface area contributed by atoms with Crippen LogP contribution in [0.15, 0.2) is 53.4 Å². The fourth-order valence-electron chi connectivity index (χ4n) is 2.59. The van der Waals surface area contributed by atoms with Gasteiger partial charge in [-0.05, 0) is 61.1 Å². The number of ether oxygens (including phenoxy) is 2. The van der Waals surface area contributed by atoms with E-state index in [1.807, 2.05) is 19.1 Å². The average molecular weight is 494 g/mol. The number of hydrogen-bond acceptors (Lipinski definition) is 7. The second kappa shape index (κ2) is 9.98. The van der Waals surface area contributed by atoms with Crippen molar-refractivity contribution in [1.29, 1.82) is 0 Å². The van der Waals surface area contributed by atoms with Crippen LogP contribution in [0.1, 0.15) is 5.56 Å². The number of aromatic nitrogens is 2. The molecule has 0 aliphatic rings. The molecule has 0 aliphatic heterocycles. The normalized spacial score (nSPS) is 10.9. The van der Waals surface area contributed by atoms with Crippen molar-refractivity contribution in [3.63, 3.8) is 0 Å². The SMILES string of the molecule is COc1cc(NS(=O)(=O)c2ccc(NC(=S)Nc3cccc(Cl)c3C)cc2)nc(OC)n1. The van der Waals surface area contributed by atoms with E-state index in [0.29, 0.717) is 15.8 Å². The Kier molecular flexibility index (Phi) is 7.33. The summed E-state index contributed by atoms with van der Waals surface area (Å²) in [6.07, 6.45) is 0. The summed E-state index contributed by atoms with van der Waals surface area (Å²) < 4.78 is 37.8. The molecule has 0 bridgehead atoms. The number of nitrogens with one attached hydrogen (secondary N) is 3.